The van der Waals surface area contributed by atoms with Gasteiger partial charge in [0.1, 0.15) is 0 Å². The first-order chi connectivity index (χ1) is 15.8. The molecule has 2 aromatic carbocycles. The van der Waals surface area contributed by atoms with Crippen molar-refractivity contribution in [3.8, 4) is 0 Å². The summed E-state index contributed by atoms with van der Waals surface area (Å²) in [5.41, 5.74) is 2.72. The summed E-state index contributed by atoms with van der Waals surface area (Å²) in [6, 6.07) is 14.1. The molecule has 0 spiro atoms. The van der Waals surface area contributed by atoms with Crippen molar-refractivity contribution in [3.63, 3.8) is 0 Å². The molecule has 0 aliphatic heterocycles. The van der Waals surface area contributed by atoms with Crippen molar-refractivity contribution < 1.29 is 0 Å². The van der Waals surface area contributed by atoms with Crippen LogP contribution in [0.2, 0.25) is 0 Å². The molecule has 2 heterocycles. The van der Waals surface area contributed by atoms with Crippen LogP contribution < -0.4 is 0 Å². The van der Waals surface area contributed by atoms with Gasteiger partial charge in [0.15, 0.2) is 0 Å². The highest BCUT2D eigenvalue weighted by atomic mass is 32.1. The van der Waals surface area contributed by atoms with Crippen LogP contribution in [0.25, 0.3) is 41.7 Å². The molecule has 2 aliphatic rings. The predicted molar refractivity (Wildman–Crippen MR) is 146 cm³/mol. The van der Waals surface area contributed by atoms with Crippen LogP contribution in [-0.4, -0.2) is 0 Å². The van der Waals surface area contributed by atoms with Crippen LogP contribution in [0.4, 0.5) is 0 Å². The van der Waals surface area contributed by atoms with Gasteiger partial charge in [-0.2, -0.15) is 0 Å². The molecule has 0 nitrogen and oxygen atoms in total. The summed E-state index contributed by atoms with van der Waals surface area (Å²) < 4.78 is 5.80. The standard InChI is InChI=1S/C30H32S2/c1-3-7-21(8-4-1)11-13-23-15-17-25-27(19-23)31-30-26-18-16-24(20-28(26)32-29(25)30)14-12-22-9-5-2-6-10-22/h11-22H,1-10H2. The van der Waals surface area contributed by atoms with Crippen molar-refractivity contribution in [1.29, 1.82) is 0 Å². The molecule has 164 valence electrons. The Morgan fingerprint density at radius 3 is 1.44 bits per heavy atom. The molecule has 0 amide bonds. The topological polar surface area (TPSA) is 0 Å². The average molecular weight is 457 g/mol. The van der Waals surface area contributed by atoms with Crippen molar-refractivity contribution >= 4 is 64.4 Å². The summed E-state index contributed by atoms with van der Waals surface area (Å²) >= 11 is 3.95. The first-order valence-corrected chi connectivity index (χ1v) is 14.2. The van der Waals surface area contributed by atoms with E-state index >= 15 is 0 Å². The third-order valence-electron chi connectivity index (χ3n) is 7.55. The first-order valence-electron chi connectivity index (χ1n) is 12.6. The molecule has 2 saturated carbocycles. The quantitative estimate of drug-likeness (QED) is 0.286. The van der Waals surface area contributed by atoms with Gasteiger partial charge in [-0.1, -0.05) is 87.1 Å². The Morgan fingerprint density at radius 2 is 1.00 bits per heavy atom. The molecule has 0 unspecified atom stereocenters. The van der Waals surface area contributed by atoms with Gasteiger partial charge in [0, 0.05) is 20.2 Å². The minimum atomic E-state index is 0.788. The third-order valence-corrected chi connectivity index (χ3v) is 10.1. The lowest BCUT2D eigenvalue weighted by Crippen LogP contribution is -2.02. The molecule has 2 aromatic heterocycles. The smallest absolute Gasteiger partial charge is 0.0542 e. The number of thiophene rings is 2. The lowest BCUT2D eigenvalue weighted by molar-refractivity contribution is 0.420. The van der Waals surface area contributed by atoms with Crippen molar-refractivity contribution in [2.75, 3.05) is 0 Å². The molecule has 6 rings (SSSR count). The molecule has 2 fully saturated rings. The van der Waals surface area contributed by atoms with Crippen LogP contribution in [0.15, 0.2) is 48.6 Å². The van der Waals surface area contributed by atoms with E-state index in [2.05, 4.69) is 60.7 Å². The van der Waals surface area contributed by atoms with E-state index in [0.29, 0.717) is 0 Å². The molecule has 4 aromatic rings. The molecule has 0 bridgehead atoms. The monoisotopic (exact) mass is 456 g/mol. The molecule has 0 N–H and O–H groups in total. The fraction of sp³-hybridized carbons (Fsp3) is 0.400. The Morgan fingerprint density at radius 1 is 0.562 bits per heavy atom. The molecule has 0 saturated heterocycles. The highest BCUT2D eigenvalue weighted by molar-refractivity contribution is 7.36. The Hall–Kier alpha value is -1.90. The van der Waals surface area contributed by atoms with Crippen molar-refractivity contribution in [1.82, 2.24) is 0 Å². The first kappa shape index (κ1) is 20.7. The summed E-state index contributed by atoms with van der Waals surface area (Å²) in [6.07, 6.45) is 23.6. The van der Waals surface area contributed by atoms with E-state index in [1.54, 1.807) is 0 Å². The number of allylic oxidation sites excluding steroid dienone is 2. The summed E-state index contributed by atoms with van der Waals surface area (Å²) in [6.45, 7) is 0. The van der Waals surface area contributed by atoms with E-state index in [1.165, 1.54) is 105 Å². The maximum Gasteiger partial charge on any atom is 0.0542 e. The second-order valence-electron chi connectivity index (χ2n) is 9.89. The van der Waals surface area contributed by atoms with Crippen molar-refractivity contribution in [2.24, 2.45) is 11.8 Å². The summed E-state index contributed by atoms with van der Waals surface area (Å²) in [4.78, 5) is 0. The fourth-order valence-corrected chi connectivity index (χ4v) is 8.39. The highest BCUT2D eigenvalue weighted by Gasteiger charge is 2.14. The van der Waals surface area contributed by atoms with Crippen molar-refractivity contribution in [2.45, 2.75) is 64.2 Å². The Bertz CT molecular complexity index is 1190. The molecule has 0 atom stereocenters. The molecular weight excluding hydrogens is 424 g/mol. The van der Waals surface area contributed by atoms with Crippen LogP contribution in [0.3, 0.4) is 0 Å². The SMILES string of the molecule is C(=CC1CCCCC1)c1ccc2c(c1)sc1c3ccc(C=CC4CCCCC4)cc3sc21. The zero-order chi connectivity index (χ0) is 21.3. The van der Waals surface area contributed by atoms with Gasteiger partial charge in [-0.3, -0.25) is 0 Å². The number of hydrogen-bond acceptors (Lipinski definition) is 2. The lowest BCUT2D eigenvalue weighted by atomic mass is 9.89. The lowest BCUT2D eigenvalue weighted by Gasteiger charge is -2.17. The zero-order valence-electron chi connectivity index (χ0n) is 18.8. The Kier molecular flexibility index (Phi) is 5.92. The van der Waals surface area contributed by atoms with Crippen LogP contribution in [-0.2, 0) is 0 Å². The number of fused-ring (bicyclic) bond motifs is 5. The van der Waals surface area contributed by atoms with E-state index in [1.807, 2.05) is 22.7 Å². The zero-order valence-corrected chi connectivity index (χ0v) is 20.4. The van der Waals surface area contributed by atoms with Gasteiger partial charge in [-0.05, 0) is 60.8 Å². The predicted octanol–water partition coefficient (Wildman–Crippen LogP) is 10.5. The van der Waals surface area contributed by atoms with Crippen molar-refractivity contribution in [3.05, 3.63) is 59.7 Å². The van der Waals surface area contributed by atoms with Crippen LogP contribution >= 0.6 is 22.7 Å². The maximum absolute atomic E-state index is 2.47. The van der Waals surface area contributed by atoms with Gasteiger partial charge in [0.05, 0.1) is 9.40 Å². The molecule has 2 aliphatic carbocycles. The largest absolute Gasteiger partial charge is 0.134 e. The highest BCUT2D eigenvalue weighted by Crippen LogP contribution is 2.44. The van der Waals surface area contributed by atoms with E-state index < -0.39 is 0 Å². The van der Waals surface area contributed by atoms with Gasteiger partial charge in [0.2, 0.25) is 0 Å². The van der Waals surface area contributed by atoms with Gasteiger partial charge >= 0.3 is 0 Å². The fourth-order valence-electron chi connectivity index (χ4n) is 5.64. The van der Waals surface area contributed by atoms with Gasteiger partial charge in [-0.15, -0.1) is 22.7 Å². The maximum atomic E-state index is 2.47. The van der Waals surface area contributed by atoms with E-state index in [9.17, 15) is 0 Å². The number of benzene rings is 2. The van der Waals surface area contributed by atoms with Crippen LogP contribution in [0.1, 0.15) is 75.3 Å². The Labute approximate surface area is 199 Å². The van der Waals surface area contributed by atoms with E-state index in [-0.39, 0.29) is 0 Å². The van der Waals surface area contributed by atoms with Gasteiger partial charge in [-0.25, -0.2) is 0 Å². The molecule has 2 heteroatoms. The van der Waals surface area contributed by atoms with Gasteiger partial charge in [0.25, 0.3) is 0 Å². The molecular formula is C30H32S2. The summed E-state index contributed by atoms with van der Waals surface area (Å²) in [5, 5.41) is 2.86. The normalized spacial score (nSPS) is 19.4. The van der Waals surface area contributed by atoms with E-state index in [0.717, 1.165) is 11.8 Å². The van der Waals surface area contributed by atoms with Gasteiger partial charge < -0.3 is 0 Å². The number of rotatable bonds is 4. The molecule has 0 radical (unpaired) electrons. The Balaban J connectivity index is 1.28. The minimum absolute atomic E-state index is 0.788. The molecule has 32 heavy (non-hydrogen) atoms. The second-order valence-corrected chi connectivity index (χ2v) is 12.0. The van der Waals surface area contributed by atoms with E-state index in [4.69, 9.17) is 0 Å². The summed E-state index contributed by atoms with van der Waals surface area (Å²) in [5.74, 6) is 1.58. The minimum Gasteiger partial charge on any atom is -0.134 e. The number of hydrogen-bond donors (Lipinski definition) is 0. The average Bonchev–Trinajstić information content (AvgIpc) is 3.38. The van der Waals surface area contributed by atoms with Crippen LogP contribution in [0.5, 0.6) is 0 Å². The second kappa shape index (κ2) is 9.15. The van der Waals surface area contributed by atoms with Crippen LogP contribution in [0, 0.1) is 11.8 Å². The third kappa shape index (κ3) is 4.20. The summed E-state index contributed by atoms with van der Waals surface area (Å²) in [7, 11) is 0.